The summed E-state index contributed by atoms with van der Waals surface area (Å²) in [6.07, 6.45) is -0.626. The summed E-state index contributed by atoms with van der Waals surface area (Å²) in [7, 11) is 0. The minimum absolute atomic E-state index is 0.626. The van der Waals surface area contributed by atoms with Crippen molar-refractivity contribution >= 4 is 53.5 Å². The van der Waals surface area contributed by atoms with Crippen molar-refractivity contribution in [3.63, 3.8) is 0 Å². The number of nitrogens with two attached hydrogens (primary N) is 1. The summed E-state index contributed by atoms with van der Waals surface area (Å²) in [6.45, 7) is 0. The molecule has 0 aromatic heterocycles. The van der Waals surface area contributed by atoms with Crippen LogP contribution in [-0.4, -0.2) is 5.11 Å². The van der Waals surface area contributed by atoms with Gasteiger partial charge in [0.25, 0.3) is 0 Å². The number of nitrogen functional groups attached to an aromatic ring is 1. The van der Waals surface area contributed by atoms with E-state index in [0.717, 1.165) is 35.7 Å². The van der Waals surface area contributed by atoms with Crippen LogP contribution in [0.25, 0.3) is 11.1 Å². The number of rotatable bonds is 0. The zero-order valence-electron chi connectivity index (χ0n) is 9.05. The van der Waals surface area contributed by atoms with E-state index < -0.39 is 6.10 Å². The first-order valence-corrected chi connectivity index (χ1v) is 7.64. The lowest BCUT2D eigenvalue weighted by Crippen LogP contribution is -1.96. The van der Waals surface area contributed by atoms with E-state index in [-0.39, 0.29) is 0 Å². The molecule has 2 aromatic carbocycles. The van der Waals surface area contributed by atoms with Gasteiger partial charge in [0.1, 0.15) is 6.10 Å². The molecule has 0 unspecified atom stereocenters. The molecule has 0 amide bonds. The Hall–Kier alpha value is -0.360. The Morgan fingerprint density at radius 3 is 2.50 bits per heavy atom. The number of benzene rings is 2. The van der Waals surface area contributed by atoms with E-state index in [9.17, 15) is 5.11 Å². The fraction of sp³-hybridized carbons (Fsp3) is 0.0769. The first kappa shape index (κ1) is 12.7. The predicted octanol–water partition coefficient (Wildman–Crippen LogP) is 4.62. The average Bonchev–Trinajstić information content (AvgIpc) is 2.60. The fourth-order valence-corrected chi connectivity index (χ4v) is 3.49. The summed E-state index contributed by atoms with van der Waals surface area (Å²) in [5, 5.41) is 10.4. The Morgan fingerprint density at radius 1 is 1.06 bits per heavy atom. The van der Waals surface area contributed by atoms with Crippen molar-refractivity contribution < 1.29 is 5.11 Å². The molecule has 0 spiro atoms. The van der Waals surface area contributed by atoms with Gasteiger partial charge in [-0.05, 0) is 66.7 Å². The van der Waals surface area contributed by atoms with Crippen LogP contribution in [0.2, 0.25) is 0 Å². The van der Waals surface area contributed by atoms with Crippen molar-refractivity contribution in [3.05, 3.63) is 48.8 Å². The summed E-state index contributed by atoms with van der Waals surface area (Å²) in [5.74, 6) is 0. The lowest BCUT2D eigenvalue weighted by atomic mass is 10.0. The zero-order valence-corrected chi connectivity index (χ0v) is 13.8. The summed E-state index contributed by atoms with van der Waals surface area (Å²) in [5.41, 5.74) is 10.4. The molecule has 2 nitrogen and oxygen atoms in total. The normalized spacial score (nSPS) is 16.6. The highest BCUT2D eigenvalue weighted by molar-refractivity contribution is 9.13. The van der Waals surface area contributed by atoms with Gasteiger partial charge in [0.2, 0.25) is 0 Å². The molecule has 2 aromatic rings. The number of anilines is 1. The van der Waals surface area contributed by atoms with Gasteiger partial charge in [0.15, 0.2) is 0 Å². The lowest BCUT2D eigenvalue weighted by molar-refractivity contribution is 0.225. The number of hydrogen-bond donors (Lipinski definition) is 2. The van der Waals surface area contributed by atoms with E-state index in [4.69, 9.17) is 5.73 Å². The molecule has 0 aliphatic heterocycles. The number of halogens is 3. The van der Waals surface area contributed by atoms with Gasteiger partial charge in [-0.3, -0.25) is 0 Å². The molecule has 92 valence electrons. The number of aliphatic hydroxyl groups is 1. The number of fused-ring (bicyclic) bond motifs is 3. The highest BCUT2D eigenvalue weighted by atomic mass is 79.9. The van der Waals surface area contributed by atoms with Gasteiger partial charge in [0.05, 0.1) is 10.2 Å². The molecule has 5 heteroatoms. The largest absolute Gasteiger partial charge is 0.397 e. The van der Waals surface area contributed by atoms with Gasteiger partial charge >= 0.3 is 0 Å². The summed E-state index contributed by atoms with van der Waals surface area (Å²) in [6, 6.07) is 7.77. The molecule has 0 fully saturated rings. The van der Waals surface area contributed by atoms with Crippen LogP contribution in [0.15, 0.2) is 37.7 Å². The predicted molar refractivity (Wildman–Crippen MR) is 83.5 cm³/mol. The van der Waals surface area contributed by atoms with Gasteiger partial charge in [-0.15, -0.1) is 0 Å². The Morgan fingerprint density at radius 2 is 1.78 bits per heavy atom. The maximum absolute atomic E-state index is 10.4. The van der Waals surface area contributed by atoms with Crippen molar-refractivity contribution in [1.82, 2.24) is 0 Å². The third-order valence-electron chi connectivity index (χ3n) is 3.16. The standard InChI is InChI=1S/C13H8Br3NO/c14-5-1-2-6-7(3-5)13(18)8-4-9(15)11(16)12(17)10(6)8/h1-4,13,18H,17H2/t13-/m0/s1. The molecule has 0 saturated heterocycles. The van der Waals surface area contributed by atoms with Crippen molar-refractivity contribution in [2.75, 3.05) is 5.73 Å². The van der Waals surface area contributed by atoms with Gasteiger partial charge < -0.3 is 10.8 Å². The average molecular weight is 434 g/mol. The topological polar surface area (TPSA) is 46.2 Å². The molecular weight excluding hydrogens is 426 g/mol. The van der Waals surface area contributed by atoms with Crippen molar-refractivity contribution in [1.29, 1.82) is 0 Å². The van der Waals surface area contributed by atoms with Crippen LogP contribution in [0.1, 0.15) is 17.2 Å². The number of hydrogen-bond acceptors (Lipinski definition) is 2. The van der Waals surface area contributed by atoms with Crippen molar-refractivity contribution in [3.8, 4) is 11.1 Å². The van der Waals surface area contributed by atoms with Crippen LogP contribution in [-0.2, 0) is 0 Å². The van der Waals surface area contributed by atoms with Crippen molar-refractivity contribution in [2.45, 2.75) is 6.10 Å². The van der Waals surface area contributed by atoms with Crippen LogP contribution in [0, 0.1) is 0 Å². The molecule has 1 aliphatic rings. The molecule has 1 aliphatic carbocycles. The smallest absolute Gasteiger partial charge is 0.105 e. The maximum Gasteiger partial charge on any atom is 0.105 e. The monoisotopic (exact) mass is 431 g/mol. The van der Waals surface area contributed by atoms with Crippen LogP contribution in [0.3, 0.4) is 0 Å². The van der Waals surface area contributed by atoms with E-state index in [1.165, 1.54) is 0 Å². The van der Waals surface area contributed by atoms with E-state index in [2.05, 4.69) is 47.8 Å². The first-order chi connectivity index (χ1) is 8.50. The van der Waals surface area contributed by atoms with Gasteiger partial charge in [0, 0.05) is 14.5 Å². The molecule has 0 saturated carbocycles. The second kappa shape index (κ2) is 4.34. The van der Waals surface area contributed by atoms with Crippen LogP contribution in [0.5, 0.6) is 0 Å². The van der Waals surface area contributed by atoms with Crippen LogP contribution in [0.4, 0.5) is 5.69 Å². The Balaban J connectivity index is 2.38. The van der Waals surface area contributed by atoms with Gasteiger partial charge in [-0.1, -0.05) is 22.0 Å². The minimum atomic E-state index is -0.626. The maximum atomic E-state index is 10.4. The van der Waals surface area contributed by atoms with Crippen molar-refractivity contribution in [2.24, 2.45) is 0 Å². The molecule has 3 N–H and O–H groups in total. The molecule has 0 bridgehead atoms. The molecule has 1 atom stereocenters. The molecule has 0 heterocycles. The van der Waals surface area contributed by atoms with Gasteiger partial charge in [-0.25, -0.2) is 0 Å². The Kier molecular flexibility index (Phi) is 3.05. The molecular formula is C13H8Br3NO. The highest BCUT2D eigenvalue weighted by Crippen LogP contribution is 2.50. The number of aliphatic hydroxyl groups excluding tert-OH is 1. The summed E-state index contributed by atoms with van der Waals surface area (Å²) >= 11 is 10.3. The van der Waals surface area contributed by atoms with Gasteiger partial charge in [-0.2, -0.15) is 0 Å². The van der Waals surface area contributed by atoms with E-state index in [1.807, 2.05) is 24.3 Å². The third-order valence-corrected chi connectivity index (χ3v) is 5.66. The third kappa shape index (κ3) is 1.68. The Bertz CT molecular complexity index is 670. The highest BCUT2D eigenvalue weighted by Gasteiger charge is 2.30. The van der Waals surface area contributed by atoms with E-state index >= 15 is 0 Å². The molecule has 3 rings (SSSR count). The second-order valence-corrected chi connectivity index (χ2v) is 6.75. The SMILES string of the molecule is Nc1c(Br)c(Br)cc2c1-c1ccc(Br)cc1[C@@H]2O. The summed E-state index contributed by atoms with van der Waals surface area (Å²) in [4.78, 5) is 0. The molecule has 0 radical (unpaired) electrons. The first-order valence-electron chi connectivity index (χ1n) is 5.26. The van der Waals surface area contributed by atoms with Crippen LogP contribution >= 0.6 is 47.8 Å². The second-order valence-electron chi connectivity index (χ2n) is 4.18. The lowest BCUT2D eigenvalue weighted by Gasteiger charge is -2.10. The zero-order chi connectivity index (χ0) is 13.0. The summed E-state index contributed by atoms with van der Waals surface area (Å²) < 4.78 is 2.62. The van der Waals surface area contributed by atoms with E-state index in [0.29, 0.717) is 5.69 Å². The van der Waals surface area contributed by atoms with Crippen LogP contribution < -0.4 is 5.73 Å². The van der Waals surface area contributed by atoms with E-state index in [1.54, 1.807) is 0 Å². The quantitative estimate of drug-likeness (QED) is 0.595. The fourth-order valence-electron chi connectivity index (χ4n) is 2.34. The Labute approximate surface area is 130 Å². The molecule has 18 heavy (non-hydrogen) atoms. The minimum Gasteiger partial charge on any atom is -0.397 e.